The van der Waals surface area contributed by atoms with Gasteiger partial charge in [0.25, 0.3) is 0 Å². The highest BCUT2D eigenvalue weighted by Crippen LogP contribution is 2.26. The van der Waals surface area contributed by atoms with Crippen LogP contribution in [0.25, 0.3) is 0 Å². The van der Waals surface area contributed by atoms with Crippen molar-refractivity contribution < 1.29 is 9.94 Å². The van der Waals surface area contributed by atoms with Crippen LogP contribution >= 0.6 is 11.8 Å². The zero-order valence-electron chi connectivity index (χ0n) is 11.1. The van der Waals surface area contributed by atoms with Crippen molar-refractivity contribution >= 4 is 17.6 Å². The molecule has 0 saturated carbocycles. The predicted molar refractivity (Wildman–Crippen MR) is 81.5 cm³/mol. The highest BCUT2D eigenvalue weighted by Gasteiger charge is 2.02. The number of rotatable bonds is 5. The van der Waals surface area contributed by atoms with Gasteiger partial charge in [-0.25, -0.2) is 0 Å². The summed E-state index contributed by atoms with van der Waals surface area (Å²) >= 11 is 1.71. The molecule has 0 bridgehead atoms. The highest BCUT2D eigenvalue weighted by atomic mass is 32.2. The maximum Gasteiger partial charge on any atom is 0.170 e. The Morgan fingerprint density at radius 3 is 2.80 bits per heavy atom. The molecule has 0 spiro atoms. The van der Waals surface area contributed by atoms with Crippen LogP contribution < -0.4 is 10.5 Å². The molecule has 0 heterocycles. The minimum absolute atomic E-state index is 0.123. The van der Waals surface area contributed by atoms with Gasteiger partial charge in [0.2, 0.25) is 0 Å². The van der Waals surface area contributed by atoms with Crippen LogP contribution in [0, 0.1) is 0 Å². The summed E-state index contributed by atoms with van der Waals surface area (Å²) in [6.07, 6.45) is 0. The van der Waals surface area contributed by atoms with Gasteiger partial charge in [-0.3, -0.25) is 0 Å². The van der Waals surface area contributed by atoms with Gasteiger partial charge in [-0.2, -0.15) is 0 Å². The van der Waals surface area contributed by atoms with Crippen LogP contribution in [-0.4, -0.2) is 18.2 Å². The maximum atomic E-state index is 8.69. The fraction of sp³-hybridized carbons (Fsp3) is 0.133. The lowest BCUT2D eigenvalue weighted by Gasteiger charge is -2.06. The van der Waals surface area contributed by atoms with Gasteiger partial charge >= 0.3 is 0 Å². The van der Waals surface area contributed by atoms with Crippen LogP contribution in [0.5, 0.6) is 5.75 Å². The van der Waals surface area contributed by atoms with E-state index in [1.54, 1.807) is 18.9 Å². The summed E-state index contributed by atoms with van der Waals surface area (Å²) in [6.45, 7) is 0. The summed E-state index contributed by atoms with van der Waals surface area (Å²) in [6, 6.07) is 15.6. The molecule has 4 nitrogen and oxygen atoms in total. The number of benzene rings is 2. The number of oxime groups is 1. The second kappa shape index (κ2) is 6.86. The molecule has 0 aromatic heterocycles. The van der Waals surface area contributed by atoms with Crippen LogP contribution in [-0.2, 0) is 5.75 Å². The standard InChI is InChI=1S/C15H16N2O2S/c1-19-13-6-3-7-14(9-13)20-10-11-4-2-5-12(8-11)15(16)17-18/h2-9,18H,10H2,1H3,(H2,16,17). The molecule has 3 N–H and O–H groups in total. The molecule has 0 fully saturated rings. The average Bonchev–Trinajstić information content (AvgIpc) is 2.52. The van der Waals surface area contributed by atoms with Gasteiger partial charge < -0.3 is 15.7 Å². The molecule has 0 aliphatic heterocycles. The van der Waals surface area contributed by atoms with Crippen LogP contribution in [0.15, 0.2) is 58.6 Å². The van der Waals surface area contributed by atoms with E-state index < -0.39 is 0 Å². The Labute approximate surface area is 122 Å². The summed E-state index contributed by atoms with van der Waals surface area (Å²) in [4.78, 5) is 1.14. The molecule has 0 atom stereocenters. The van der Waals surface area contributed by atoms with Gasteiger partial charge in [-0.1, -0.05) is 29.4 Å². The van der Waals surface area contributed by atoms with Crippen LogP contribution in [0.4, 0.5) is 0 Å². The van der Waals surface area contributed by atoms with E-state index in [0.29, 0.717) is 0 Å². The van der Waals surface area contributed by atoms with Crippen molar-refractivity contribution in [1.82, 2.24) is 0 Å². The molecule has 0 radical (unpaired) electrons. The SMILES string of the molecule is COc1cccc(SCc2cccc(/C(N)=N/O)c2)c1. The molecule has 0 saturated heterocycles. The van der Waals surface area contributed by atoms with Crippen molar-refractivity contribution in [3.63, 3.8) is 0 Å². The summed E-state index contributed by atoms with van der Waals surface area (Å²) in [7, 11) is 1.66. The number of thioether (sulfide) groups is 1. The van der Waals surface area contributed by atoms with Gasteiger partial charge in [0.1, 0.15) is 5.75 Å². The number of amidine groups is 1. The number of methoxy groups -OCH3 is 1. The molecular formula is C15H16N2O2S. The van der Waals surface area contributed by atoms with Gasteiger partial charge in [0, 0.05) is 16.2 Å². The van der Waals surface area contributed by atoms with Gasteiger partial charge in [0.15, 0.2) is 5.84 Å². The van der Waals surface area contributed by atoms with Gasteiger partial charge in [-0.05, 0) is 29.8 Å². The van der Waals surface area contributed by atoms with E-state index >= 15 is 0 Å². The fourth-order valence-corrected chi connectivity index (χ4v) is 2.62. The Morgan fingerprint density at radius 1 is 1.25 bits per heavy atom. The van der Waals surface area contributed by atoms with Crippen molar-refractivity contribution in [2.45, 2.75) is 10.6 Å². The number of nitrogens with two attached hydrogens (primary N) is 1. The summed E-state index contributed by atoms with van der Waals surface area (Å²) in [5.74, 6) is 1.78. The minimum atomic E-state index is 0.123. The second-order valence-corrected chi connectivity index (χ2v) is 5.20. The highest BCUT2D eigenvalue weighted by molar-refractivity contribution is 7.98. The monoisotopic (exact) mass is 288 g/mol. The first-order valence-corrected chi connectivity index (χ1v) is 7.05. The minimum Gasteiger partial charge on any atom is -0.497 e. The Kier molecular flexibility index (Phi) is 4.90. The quantitative estimate of drug-likeness (QED) is 0.292. The summed E-state index contributed by atoms with van der Waals surface area (Å²) in [5, 5.41) is 11.7. The van der Waals surface area contributed by atoms with E-state index in [9.17, 15) is 0 Å². The van der Waals surface area contributed by atoms with Crippen LogP contribution in [0.1, 0.15) is 11.1 Å². The molecule has 5 heteroatoms. The first kappa shape index (κ1) is 14.3. The number of hydrogen-bond donors (Lipinski definition) is 2. The van der Waals surface area contributed by atoms with E-state index in [2.05, 4.69) is 5.16 Å². The normalized spacial score (nSPS) is 11.3. The lowest BCUT2D eigenvalue weighted by Crippen LogP contribution is -2.13. The predicted octanol–water partition coefficient (Wildman–Crippen LogP) is 3.08. The molecule has 2 aromatic rings. The van der Waals surface area contributed by atoms with Crippen molar-refractivity contribution in [3.8, 4) is 5.75 Å². The molecule has 0 amide bonds. The van der Waals surface area contributed by atoms with E-state index in [1.807, 2.05) is 48.5 Å². The number of ether oxygens (including phenoxy) is 1. The topological polar surface area (TPSA) is 67.8 Å². The molecular weight excluding hydrogens is 272 g/mol. The first-order valence-electron chi connectivity index (χ1n) is 6.06. The lowest BCUT2D eigenvalue weighted by molar-refractivity contribution is 0.318. The summed E-state index contributed by atoms with van der Waals surface area (Å²) < 4.78 is 5.20. The van der Waals surface area contributed by atoms with Crippen molar-refractivity contribution in [1.29, 1.82) is 0 Å². The molecule has 0 aliphatic rings. The zero-order valence-corrected chi connectivity index (χ0v) is 11.9. The third-order valence-corrected chi connectivity index (χ3v) is 3.84. The van der Waals surface area contributed by atoms with Gasteiger partial charge in [0.05, 0.1) is 7.11 Å². The summed E-state index contributed by atoms with van der Waals surface area (Å²) in [5.41, 5.74) is 7.42. The first-order chi connectivity index (χ1) is 9.72. The van der Waals surface area contributed by atoms with Gasteiger partial charge in [-0.15, -0.1) is 11.8 Å². The largest absolute Gasteiger partial charge is 0.497 e. The Balaban J connectivity index is 2.07. The smallest absolute Gasteiger partial charge is 0.170 e. The van der Waals surface area contributed by atoms with Crippen molar-refractivity contribution in [3.05, 3.63) is 59.7 Å². The second-order valence-electron chi connectivity index (χ2n) is 4.15. The van der Waals surface area contributed by atoms with E-state index in [1.165, 1.54) is 0 Å². The fourth-order valence-electron chi connectivity index (χ4n) is 1.74. The van der Waals surface area contributed by atoms with Crippen molar-refractivity contribution in [2.24, 2.45) is 10.9 Å². The van der Waals surface area contributed by atoms with Crippen LogP contribution in [0.3, 0.4) is 0 Å². The molecule has 0 aliphatic carbocycles. The molecule has 2 aromatic carbocycles. The van der Waals surface area contributed by atoms with Crippen molar-refractivity contribution in [2.75, 3.05) is 7.11 Å². The third-order valence-electron chi connectivity index (χ3n) is 2.78. The maximum absolute atomic E-state index is 8.69. The number of hydrogen-bond acceptors (Lipinski definition) is 4. The lowest BCUT2D eigenvalue weighted by atomic mass is 10.1. The Morgan fingerprint density at radius 2 is 2.05 bits per heavy atom. The molecule has 2 rings (SSSR count). The molecule has 104 valence electrons. The van der Waals surface area contributed by atoms with E-state index in [4.69, 9.17) is 15.7 Å². The third kappa shape index (κ3) is 3.68. The Bertz CT molecular complexity index is 614. The number of nitrogens with zero attached hydrogens (tertiary/aromatic N) is 1. The van der Waals surface area contributed by atoms with E-state index in [-0.39, 0.29) is 5.84 Å². The zero-order chi connectivity index (χ0) is 14.4. The molecule has 0 unspecified atom stereocenters. The Hall–Kier alpha value is -2.14. The van der Waals surface area contributed by atoms with Crippen LogP contribution in [0.2, 0.25) is 0 Å². The average molecular weight is 288 g/mol. The molecule has 20 heavy (non-hydrogen) atoms. The van der Waals surface area contributed by atoms with E-state index in [0.717, 1.165) is 27.5 Å².